The molecule has 1 N–H and O–H groups in total. The van der Waals surface area contributed by atoms with E-state index in [1.807, 2.05) is 24.3 Å². The van der Waals surface area contributed by atoms with Gasteiger partial charge in [0.2, 0.25) is 15.9 Å². The monoisotopic (exact) mass is 526 g/mol. The minimum atomic E-state index is -3.83. The van der Waals surface area contributed by atoms with Gasteiger partial charge in [0.25, 0.3) is 0 Å². The number of benzene rings is 2. The van der Waals surface area contributed by atoms with Gasteiger partial charge in [-0.15, -0.1) is 0 Å². The topological polar surface area (TPSA) is 91.3 Å². The summed E-state index contributed by atoms with van der Waals surface area (Å²) in [6.45, 7) is 2.15. The highest BCUT2D eigenvalue weighted by Crippen LogP contribution is 2.30. The molecule has 1 aliphatic rings. The highest BCUT2D eigenvalue weighted by molar-refractivity contribution is 7.89. The Balaban J connectivity index is 1.44. The molecule has 3 rings (SSSR count). The van der Waals surface area contributed by atoms with Crippen LogP contribution in [-0.4, -0.2) is 76.3 Å². The lowest BCUT2D eigenvalue weighted by molar-refractivity contribution is -0.135. The molecule has 0 bridgehead atoms. The molecule has 0 unspecified atom stereocenters. The van der Waals surface area contributed by atoms with Gasteiger partial charge in [-0.25, -0.2) is 8.42 Å². The number of likely N-dealkylation sites (N-methyl/N-ethyl adjacent to an activating group) is 2. The maximum absolute atomic E-state index is 12.7. The predicted molar refractivity (Wildman–Crippen MR) is 134 cm³/mol. The van der Waals surface area contributed by atoms with E-state index >= 15 is 0 Å². The van der Waals surface area contributed by atoms with Crippen LogP contribution in [0.1, 0.15) is 17.5 Å². The molecule has 0 radical (unpaired) electrons. The number of sulfonamides is 1. The lowest BCUT2D eigenvalue weighted by Crippen LogP contribution is -2.33. The number of hydrogen-bond donors (Lipinski definition) is 1. The fourth-order valence-corrected chi connectivity index (χ4v) is 5.18. The molecule has 184 valence electrons. The number of aliphatic imine (C=N–C) groups is 1. The number of nitrogens with one attached hydrogen (secondary N) is 1. The van der Waals surface area contributed by atoms with E-state index in [0.717, 1.165) is 40.8 Å². The van der Waals surface area contributed by atoms with E-state index in [2.05, 4.69) is 10.3 Å². The largest absolute Gasteiger partial charge is 0.370 e. The minimum absolute atomic E-state index is 0.0234. The number of nitrogens with zero attached hydrogens (tertiary/aromatic N) is 3. The van der Waals surface area contributed by atoms with Crippen molar-refractivity contribution in [2.75, 3.05) is 46.9 Å². The van der Waals surface area contributed by atoms with Crippen molar-refractivity contribution < 1.29 is 17.9 Å². The van der Waals surface area contributed by atoms with Crippen molar-refractivity contribution in [3.63, 3.8) is 0 Å². The fourth-order valence-electron chi connectivity index (χ4n) is 3.29. The third kappa shape index (κ3) is 6.70. The smallest absolute Gasteiger partial charge is 0.248 e. The maximum atomic E-state index is 12.7. The Morgan fingerprint density at radius 2 is 1.88 bits per heavy atom. The Hall–Kier alpha value is -2.17. The zero-order valence-electron chi connectivity index (χ0n) is 19.1. The first-order valence-corrected chi connectivity index (χ1v) is 13.0. The number of hydrogen-bond acceptors (Lipinski definition) is 6. The van der Waals surface area contributed by atoms with Crippen LogP contribution in [-0.2, 0) is 26.1 Å². The lowest BCUT2D eigenvalue weighted by Gasteiger charge is -2.20. The van der Waals surface area contributed by atoms with Crippen LogP contribution in [0, 0.1) is 0 Å². The van der Waals surface area contributed by atoms with Crippen LogP contribution in [0.2, 0.25) is 10.0 Å². The summed E-state index contributed by atoms with van der Waals surface area (Å²) in [5.41, 5.74) is 2.01. The van der Waals surface area contributed by atoms with Crippen molar-refractivity contribution in [2.24, 2.45) is 4.99 Å². The van der Waals surface area contributed by atoms with Gasteiger partial charge >= 0.3 is 0 Å². The molecular weight excluding hydrogens is 499 g/mol. The maximum Gasteiger partial charge on any atom is 0.248 e. The van der Waals surface area contributed by atoms with E-state index in [4.69, 9.17) is 27.9 Å². The second kappa shape index (κ2) is 12.0. The van der Waals surface area contributed by atoms with Gasteiger partial charge in [-0.2, -0.15) is 4.31 Å². The standard InChI is InChI=1S/C23H28Cl2N4O4S/c1-28(15-17-7-9-18(10-8-17)23-26-11-4-12-27-23)21(30)16-33-14-13-29(2)34(31,32)20-6-3-5-19(24)22(20)25/h3,5-10H,4,11-16H2,1-2H3,(H,26,27). The minimum Gasteiger partial charge on any atom is -0.370 e. The number of rotatable bonds is 10. The number of carbonyl (C=O) groups is 1. The number of amidine groups is 1. The van der Waals surface area contributed by atoms with Gasteiger partial charge in [-0.3, -0.25) is 9.79 Å². The first-order chi connectivity index (χ1) is 16.2. The molecule has 0 aromatic heterocycles. The van der Waals surface area contributed by atoms with Crippen LogP contribution >= 0.6 is 23.2 Å². The Morgan fingerprint density at radius 1 is 1.15 bits per heavy atom. The van der Waals surface area contributed by atoms with Crippen molar-refractivity contribution in [1.82, 2.24) is 14.5 Å². The van der Waals surface area contributed by atoms with Crippen LogP contribution in [0.25, 0.3) is 0 Å². The fraction of sp³-hybridized carbons (Fsp3) is 0.391. The molecule has 2 aromatic rings. The zero-order chi connectivity index (χ0) is 24.7. The van der Waals surface area contributed by atoms with Gasteiger partial charge in [0.1, 0.15) is 17.3 Å². The summed E-state index contributed by atoms with van der Waals surface area (Å²) < 4.78 is 32.0. The second-order valence-electron chi connectivity index (χ2n) is 7.89. The molecule has 0 saturated heterocycles. The van der Waals surface area contributed by atoms with Gasteiger partial charge in [-0.05, 0) is 24.1 Å². The quantitative estimate of drug-likeness (QED) is 0.480. The molecule has 1 aliphatic heterocycles. The molecule has 11 heteroatoms. The van der Waals surface area contributed by atoms with Crippen LogP contribution < -0.4 is 5.32 Å². The summed E-state index contributed by atoms with van der Waals surface area (Å²) in [6, 6.07) is 12.4. The Bertz CT molecular complexity index is 1140. The first kappa shape index (κ1) is 26.4. The molecule has 1 amide bonds. The molecule has 2 aromatic carbocycles. The normalized spacial score (nSPS) is 14.0. The summed E-state index contributed by atoms with van der Waals surface area (Å²) in [4.78, 5) is 18.4. The van der Waals surface area contributed by atoms with Crippen LogP contribution in [0.3, 0.4) is 0 Å². The van der Waals surface area contributed by atoms with Crippen LogP contribution in [0.4, 0.5) is 0 Å². The van der Waals surface area contributed by atoms with E-state index in [9.17, 15) is 13.2 Å². The van der Waals surface area contributed by atoms with Crippen molar-refractivity contribution in [1.29, 1.82) is 0 Å². The van der Waals surface area contributed by atoms with Crippen LogP contribution in [0.15, 0.2) is 52.4 Å². The molecule has 0 atom stereocenters. The van der Waals surface area contributed by atoms with Gasteiger partial charge in [0, 0.05) is 45.8 Å². The third-order valence-electron chi connectivity index (χ3n) is 5.35. The predicted octanol–water partition coefficient (Wildman–Crippen LogP) is 3.03. The molecule has 0 aliphatic carbocycles. The number of ether oxygens (including phenoxy) is 1. The van der Waals surface area contributed by atoms with E-state index in [-0.39, 0.29) is 40.6 Å². The van der Waals surface area contributed by atoms with Crippen molar-refractivity contribution >= 4 is 45.0 Å². The first-order valence-electron chi connectivity index (χ1n) is 10.8. The average molecular weight is 527 g/mol. The van der Waals surface area contributed by atoms with Gasteiger partial charge in [-0.1, -0.05) is 53.5 Å². The lowest BCUT2D eigenvalue weighted by atomic mass is 10.1. The Kier molecular flexibility index (Phi) is 9.32. The van der Waals surface area contributed by atoms with Crippen molar-refractivity contribution in [2.45, 2.75) is 17.9 Å². The van der Waals surface area contributed by atoms with E-state index in [0.29, 0.717) is 6.54 Å². The summed E-state index contributed by atoms with van der Waals surface area (Å²) in [7, 11) is -0.716. The van der Waals surface area contributed by atoms with Crippen LogP contribution in [0.5, 0.6) is 0 Å². The third-order valence-corrected chi connectivity index (χ3v) is 8.18. The average Bonchev–Trinajstić information content (AvgIpc) is 2.84. The van der Waals surface area contributed by atoms with Gasteiger partial charge in [0.15, 0.2) is 0 Å². The van der Waals surface area contributed by atoms with E-state index in [1.165, 1.54) is 25.2 Å². The van der Waals surface area contributed by atoms with Crippen molar-refractivity contribution in [3.8, 4) is 0 Å². The van der Waals surface area contributed by atoms with E-state index < -0.39 is 10.0 Å². The Labute approximate surface area is 210 Å². The van der Waals surface area contributed by atoms with E-state index in [1.54, 1.807) is 11.9 Å². The summed E-state index contributed by atoms with van der Waals surface area (Å²) in [5, 5.41) is 3.43. The highest BCUT2D eigenvalue weighted by Gasteiger charge is 2.24. The molecule has 34 heavy (non-hydrogen) atoms. The summed E-state index contributed by atoms with van der Waals surface area (Å²) in [5.74, 6) is 0.700. The zero-order valence-corrected chi connectivity index (χ0v) is 21.5. The molecule has 1 heterocycles. The van der Waals surface area contributed by atoms with Gasteiger partial charge in [0.05, 0.1) is 16.7 Å². The van der Waals surface area contributed by atoms with Gasteiger partial charge < -0.3 is 15.0 Å². The summed E-state index contributed by atoms with van der Waals surface area (Å²) in [6.07, 6.45) is 1.04. The number of carbonyl (C=O) groups excluding carboxylic acids is 1. The second-order valence-corrected chi connectivity index (χ2v) is 10.7. The molecular formula is C23H28Cl2N4O4S. The molecule has 0 fully saturated rings. The molecule has 8 nitrogen and oxygen atoms in total. The molecule has 0 spiro atoms. The number of amides is 1. The van der Waals surface area contributed by atoms with Crippen molar-refractivity contribution in [3.05, 3.63) is 63.6 Å². The summed E-state index contributed by atoms with van der Waals surface area (Å²) >= 11 is 12.0. The highest BCUT2D eigenvalue weighted by atomic mass is 35.5. The number of halogens is 2. The Morgan fingerprint density at radius 3 is 2.56 bits per heavy atom. The SMILES string of the molecule is CN(Cc1ccc(C2=NCCCN2)cc1)C(=O)COCCN(C)S(=O)(=O)c1cccc(Cl)c1Cl. The molecule has 0 saturated carbocycles.